The fraction of sp³-hybridized carbons (Fsp3) is 0.417. The summed E-state index contributed by atoms with van der Waals surface area (Å²) in [6.45, 7) is 0. The van der Waals surface area contributed by atoms with Gasteiger partial charge in [-0.25, -0.2) is 0 Å². The number of aliphatic imine (C=N–C) groups is 1. The van der Waals surface area contributed by atoms with Crippen LogP contribution in [0.25, 0.3) is 0 Å². The maximum Gasteiger partial charge on any atom is 0.144 e. The van der Waals surface area contributed by atoms with Crippen molar-refractivity contribution in [2.45, 2.75) is 94.7 Å². The van der Waals surface area contributed by atoms with Crippen LogP contribution in [-0.4, -0.2) is 11.8 Å². The molecule has 1 fully saturated rings. The lowest BCUT2D eigenvalue weighted by atomic mass is 9.54. The average molecular weight is 684 g/mol. The number of benzene rings is 2. The molecule has 0 aromatic heterocycles. The van der Waals surface area contributed by atoms with Gasteiger partial charge in [-0.2, -0.15) is 5.26 Å². The highest BCUT2D eigenvalue weighted by atomic mass is 16.5. The monoisotopic (exact) mass is 683 g/mol. The molecule has 8 atom stereocenters. The SMILES string of the molecule is N#CC1C=CC2=C(C1)C1(C3=CC(C4=C(C5=CCCC=C5)C(C5CC=CCC5)=NC(c5ccccc5)N4)CCC32)c2ccccc2OC2CCCCC21. The van der Waals surface area contributed by atoms with E-state index in [0.717, 1.165) is 70.0 Å². The smallest absolute Gasteiger partial charge is 0.144 e. The zero-order chi connectivity index (χ0) is 34.6. The van der Waals surface area contributed by atoms with E-state index in [4.69, 9.17) is 9.73 Å². The van der Waals surface area contributed by atoms with Crippen molar-refractivity contribution in [3.8, 4) is 11.8 Å². The van der Waals surface area contributed by atoms with Crippen LogP contribution in [0.1, 0.15) is 94.3 Å². The van der Waals surface area contributed by atoms with E-state index in [1.54, 1.807) is 5.57 Å². The van der Waals surface area contributed by atoms with E-state index in [1.807, 2.05) is 0 Å². The van der Waals surface area contributed by atoms with Gasteiger partial charge in [-0.1, -0.05) is 109 Å². The molecule has 8 unspecified atom stereocenters. The number of rotatable bonds is 4. The van der Waals surface area contributed by atoms with Crippen molar-refractivity contribution in [1.82, 2.24) is 5.32 Å². The number of allylic oxidation sites excluding steroid dienone is 13. The molecule has 10 rings (SSSR count). The third-order valence-electron chi connectivity index (χ3n) is 13.6. The molecule has 0 radical (unpaired) electrons. The van der Waals surface area contributed by atoms with Crippen LogP contribution in [0.3, 0.4) is 0 Å². The van der Waals surface area contributed by atoms with Crippen molar-refractivity contribution in [3.63, 3.8) is 0 Å². The lowest BCUT2D eigenvalue weighted by Gasteiger charge is -2.53. The zero-order valence-electron chi connectivity index (χ0n) is 30.1. The fourth-order valence-corrected chi connectivity index (χ4v) is 11.5. The molecule has 0 amide bonds. The predicted octanol–water partition coefficient (Wildman–Crippen LogP) is 10.9. The van der Waals surface area contributed by atoms with Crippen LogP contribution < -0.4 is 10.1 Å². The van der Waals surface area contributed by atoms with Crippen LogP contribution in [0.5, 0.6) is 5.75 Å². The Kier molecular flexibility index (Phi) is 8.08. The van der Waals surface area contributed by atoms with Crippen molar-refractivity contribution in [2.24, 2.45) is 34.6 Å². The average Bonchev–Trinajstić information content (AvgIpc) is 3.50. The fourth-order valence-electron chi connectivity index (χ4n) is 11.5. The Balaban J connectivity index is 1.19. The Bertz CT molecular complexity index is 2070. The number of para-hydroxylation sites is 1. The summed E-state index contributed by atoms with van der Waals surface area (Å²) in [5, 5.41) is 14.4. The van der Waals surface area contributed by atoms with E-state index >= 15 is 0 Å². The highest BCUT2D eigenvalue weighted by Crippen LogP contribution is 2.67. The Morgan fingerprint density at radius 1 is 0.865 bits per heavy atom. The van der Waals surface area contributed by atoms with Gasteiger partial charge in [-0.05, 0) is 99.0 Å². The van der Waals surface area contributed by atoms with Gasteiger partial charge >= 0.3 is 0 Å². The lowest BCUT2D eigenvalue weighted by molar-refractivity contribution is 0.0374. The van der Waals surface area contributed by atoms with Crippen LogP contribution in [0.15, 0.2) is 142 Å². The van der Waals surface area contributed by atoms with Gasteiger partial charge in [0.2, 0.25) is 0 Å². The molecule has 1 saturated carbocycles. The quantitative estimate of drug-likeness (QED) is 0.326. The molecule has 1 spiro atoms. The molecule has 262 valence electrons. The zero-order valence-corrected chi connectivity index (χ0v) is 30.1. The summed E-state index contributed by atoms with van der Waals surface area (Å²) >= 11 is 0. The first-order chi connectivity index (χ1) is 25.7. The molecule has 2 heterocycles. The second-order valence-corrected chi connectivity index (χ2v) is 16.3. The third kappa shape index (κ3) is 5.02. The van der Waals surface area contributed by atoms with Gasteiger partial charge in [-0.15, -0.1) is 0 Å². The Morgan fingerprint density at radius 3 is 2.60 bits per heavy atom. The van der Waals surface area contributed by atoms with Gasteiger partial charge in [0, 0.05) is 45.9 Å². The summed E-state index contributed by atoms with van der Waals surface area (Å²) in [7, 11) is 0. The molecular formula is C48H49N3O. The standard InChI is InChI=1S/C48H49N3O/c49-30-31-24-26-36-37-27-25-35(29-41(37)48(40(36)28-31)38-20-10-12-22-42(38)52-43-23-13-11-21-39(43)48)46-44(32-14-4-1-5-15-32)45(33-16-6-2-7-17-33)50-47(51-46)34-18-8-3-9-19-34/h2-4,6,8-10,12,14-15,18-20,22,24,26,29,31,33,35,37,39,43,47,51H,1,5,7,11,13,16-17,21,23,25,27-28H2. The minimum Gasteiger partial charge on any atom is -0.490 e. The second-order valence-electron chi connectivity index (χ2n) is 16.3. The molecule has 6 aliphatic carbocycles. The van der Waals surface area contributed by atoms with Gasteiger partial charge in [-0.3, -0.25) is 4.99 Å². The van der Waals surface area contributed by atoms with Gasteiger partial charge < -0.3 is 10.1 Å². The molecule has 0 bridgehead atoms. The number of hydrogen-bond acceptors (Lipinski definition) is 4. The van der Waals surface area contributed by atoms with Crippen LogP contribution in [-0.2, 0) is 5.41 Å². The predicted molar refractivity (Wildman–Crippen MR) is 208 cm³/mol. The normalized spacial score (nSPS) is 34.5. The van der Waals surface area contributed by atoms with E-state index in [2.05, 4.69) is 115 Å². The van der Waals surface area contributed by atoms with Crippen LogP contribution in [0, 0.1) is 40.9 Å². The number of nitrogens with one attached hydrogen (secondary N) is 1. The first kappa shape index (κ1) is 32.1. The highest BCUT2D eigenvalue weighted by Gasteiger charge is 2.61. The number of fused-ring (bicyclic) bond motifs is 8. The van der Waals surface area contributed by atoms with E-state index in [0.29, 0.717) is 17.8 Å². The van der Waals surface area contributed by atoms with Gasteiger partial charge in [0.05, 0.1) is 17.7 Å². The molecule has 1 N–H and O–H groups in total. The highest BCUT2D eigenvalue weighted by molar-refractivity contribution is 6.07. The van der Waals surface area contributed by atoms with Crippen LogP contribution in [0.2, 0.25) is 0 Å². The topological polar surface area (TPSA) is 57.4 Å². The Morgan fingerprint density at radius 2 is 1.75 bits per heavy atom. The van der Waals surface area contributed by atoms with Gasteiger partial charge in [0.1, 0.15) is 18.0 Å². The number of nitrogens with zero attached hydrogens (tertiary/aromatic N) is 2. The number of nitriles is 1. The van der Waals surface area contributed by atoms with Crippen molar-refractivity contribution in [1.29, 1.82) is 5.26 Å². The number of ether oxygens (including phenoxy) is 1. The Hall–Kier alpha value is -4.62. The molecule has 0 saturated heterocycles. The molecule has 8 aliphatic rings. The molecule has 52 heavy (non-hydrogen) atoms. The number of hydrogen-bond donors (Lipinski definition) is 1. The largest absolute Gasteiger partial charge is 0.490 e. The van der Waals surface area contributed by atoms with Gasteiger partial charge in [0.15, 0.2) is 0 Å². The summed E-state index contributed by atoms with van der Waals surface area (Å²) in [5.74, 6) is 2.37. The van der Waals surface area contributed by atoms with E-state index in [9.17, 15) is 5.26 Å². The molecule has 4 heteroatoms. The van der Waals surface area contributed by atoms with Crippen molar-refractivity contribution in [2.75, 3.05) is 0 Å². The minimum atomic E-state index is -0.234. The molecular weight excluding hydrogens is 635 g/mol. The second kappa shape index (κ2) is 13.1. The molecule has 2 aromatic rings. The maximum atomic E-state index is 10.3. The summed E-state index contributed by atoms with van der Waals surface area (Å²) < 4.78 is 6.93. The molecule has 2 aliphatic heterocycles. The van der Waals surface area contributed by atoms with E-state index < -0.39 is 0 Å². The minimum absolute atomic E-state index is 0.0847. The van der Waals surface area contributed by atoms with Crippen molar-refractivity contribution >= 4 is 5.71 Å². The first-order valence-electron chi connectivity index (χ1n) is 20.2. The summed E-state index contributed by atoms with van der Waals surface area (Å²) in [5.41, 5.74) is 12.3. The summed E-state index contributed by atoms with van der Waals surface area (Å²) in [6.07, 6.45) is 32.6. The van der Waals surface area contributed by atoms with Crippen LogP contribution in [0.4, 0.5) is 0 Å². The summed E-state index contributed by atoms with van der Waals surface area (Å²) in [4.78, 5) is 5.64. The van der Waals surface area contributed by atoms with Crippen molar-refractivity contribution in [3.05, 3.63) is 148 Å². The van der Waals surface area contributed by atoms with E-state index in [1.165, 1.54) is 57.7 Å². The Labute approximate surface area is 309 Å². The third-order valence-corrected chi connectivity index (χ3v) is 13.6. The molecule has 4 nitrogen and oxygen atoms in total. The lowest BCUT2D eigenvalue weighted by Crippen LogP contribution is -2.51. The first-order valence-corrected chi connectivity index (χ1v) is 20.2. The van der Waals surface area contributed by atoms with Crippen LogP contribution >= 0.6 is 0 Å². The molecule has 2 aromatic carbocycles. The van der Waals surface area contributed by atoms with Crippen molar-refractivity contribution < 1.29 is 4.74 Å². The van der Waals surface area contributed by atoms with E-state index in [-0.39, 0.29) is 29.5 Å². The summed E-state index contributed by atoms with van der Waals surface area (Å²) in [6, 6.07) is 22.5. The maximum absolute atomic E-state index is 10.3. The van der Waals surface area contributed by atoms with Gasteiger partial charge in [0.25, 0.3) is 0 Å².